The molecule has 0 atom stereocenters. The first-order valence-corrected chi connectivity index (χ1v) is 6.32. The average Bonchev–Trinajstić information content (AvgIpc) is 2.07. The molecule has 0 aliphatic carbocycles. The van der Waals surface area contributed by atoms with Crippen LogP contribution in [0.4, 0.5) is 0 Å². The smallest absolute Gasteiger partial charge is 0.175 e. The molecular formula is C9H11ClO3S. The van der Waals surface area contributed by atoms with E-state index in [2.05, 4.69) is 0 Å². The van der Waals surface area contributed by atoms with Crippen LogP contribution in [0.2, 0.25) is 5.02 Å². The normalized spacial score (nSPS) is 11.6. The number of hydrogen-bond donors (Lipinski definition) is 1. The quantitative estimate of drug-likeness (QED) is 0.857. The molecule has 0 aliphatic heterocycles. The zero-order valence-electron chi connectivity index (χ0n) is 7.70. The third-order valence-corrected chi connectivity index (χ3v) is 3.37. The predicted molar refractivity (Wildman–Crippen MR) is 55.4 cm³/mol. The molecule has 78 valence electrons. The summed E-state index contributed by atoms with van der Waals surface area (Å²) in [6.07, 6.45) is 1.38. The zero-order chi connectivity index (χ0) is 10.8. The highest BCUT2D eigenvalue weighted by atomic mass is 35.5. The van der Waals surface area contributed by atoms with Gasteiger partial charge in [0, 0.05) is 17.9 Å². The Balaban J connectivity index is 3.36. The molecule has 0 aromatic heterocycles. The molecule has 3 nitrogen and oxygen atoms in total. The van der Waals surface area contributed by atoms with Gasteiger partial charge in [-0.15, -0.1) is 0 Å². The lowest BCUT2D eigenvalue weighted by molar-refractivity contribution is 0.299. The van der Waals surface area contributed by atoms with E-state index in [1.807, 2.05) is 0 Å². The van der Waals surface area contributed by atoms with E-state index in [9.17, 15) is 8.42 Å². The number of hydrogen-bond acceptors (Lipinski definition) is 3. The average molecular weight is 235 g/mol. The Labute approximate surface area is 88.2 Å². The van der Waals surface area contributed by atoms with Crippen molar-refractivity contribution in [3.05, 3.63) is 28.8 Å². The highest BCUT2D eigenvalue weighted by molar-refractivity contribution is 7.90. The summed E-state index contributed by atoms with van der Waals surface area (Å²) in [5, 5.41) is 9.16. The molecule has 1 N–H and O–H groups in total. The van der Waals surface area contributed by atoms with E-state index in [1.54, 1.807) is 12.1 Å². The van der Waals surface area contributed by atoms with E-state index in [-0.39, 0.29) is 17.9 Å². The van der Waals surface area contributed by atoms with E-state index in [1.165, 1.54) is 6.07 Å². The summed E-state index contributed by atoms with van der Waals surface area (Å²) in [5.41, 5.74) is 0.485. The van der Waals surface area contributed by atoms with Crippen molar-refractivity contribution in [2.45, 2.75) is 11.3 Å². The van der Waals surface area contributed by atoms with Gasteiger partial charge in [-0.25, -0.2) is 8.42 Å². The molecule has 0 fully saturated rings. The first-order chi connectivity index (χ1) is 6.46. The lowest BCUT2D eigenvalue weighted by Gasteiger charge is -2.07. The van der Waals surface area contributed by atoms with Gasteiger partial charge in [-0.3, -0.25) is 0 Å². The number of benzene rings is 1. The molecule has 0 unspecified atom stereocenters. The summed E-state index contributed by atoms with van der Waals surface area (Å²) in [6.45, 7) is -0.119. The Hall–Kier alpha value is -0.580. The number of rotatable bonds is 3. The van der Waals surface area contributed by atoms with Crippen LogP contribution >= 0.6 is 11.6 Å². The van der Waals surface area contributed by atoms with Gasteiger partial charge < -0.3 is 5.11 Å². The second-order valence-corrected chi connectivity index (χ2v) is 5.35. The van der Waals surface area contributed by atoms with Crippen LogP contribution in [-0.4, -0.2) is 26.4 Å². The maximum absolute atomic E-state index is 11.3. The topological polar surface area (TPSA) is 54.4 Å². The number of sulfone groups is 1. The SMILES string of the molecule is CS(=O)(=O)c1cccc(Cl)c1CCO. The first kappa shape index (κ1) is 11.5. The molecule has 0 spiro atoms. The third kappa shape index (κ3) is 2.47. The Morgan fingerprint density at radius 1 is 1.43 bits per heavy atom. The minimum Gasteiger partial charge on any atom is -0.396 e. The van der Waals surface area contributed by atoms with Gasteiger partial charge in [0.15, 0.2) is 9.84 Å². The molecule has 0 saturated heterocycles. The van der Waals surface area contributed by atoms with E-state index in [4.69, 9.17) is 16.7 Å². The van der Waals surface area contributed by atoms with Gasteiger partial charge in [0.05, 0.1) is 4.90 Å². The van der Waals surface area contributed by atoms with Crippen LogP contribution in [-0.2, 0) is 16.3 Å². The molecule has 0 radical (unpaired) electrons. The van der Waals surface area contributed by atoms with Crippen LogP contribution in [0.1, 0.15) is 5.56 Å². The van der Waals surface area contributed by atoms with Crippen molar-refractivity contribution in [1.82, 2.24) is 0 Å². The zero-order valence-corrected chi connectivity index (χ0v) is 9.27. The van der Waals surface area contributed by atoms with Crippen molar-refractivity contribution in [2.24, 2.45) is 0 Å². The summed E-state index contributed by atoms with van der Waals surface area (Å²) in [6, 6.07) is 4.69. The molecule has 0 amide bonds. The van der Waals surface area contributed by atoms with Crippen molar-refractivity contribution in [2.75, 3.05) is 12.9 Å². The minimum absolute atomic E-state index is 0.119. The molecule has 0 bridgehead atoms. The number of halogens is 1. The van der Waals surface area contributed by atoms with Gasteiger partial charge in [-0.05, 0) is 24.1 Å². The maximum atomic E-state index is 11.3. The van der Waals surface area contributed by atoms with Crippen LogP contribution in [0.25, 0.3) is 0 Å². The lowest BCUT2D eigenvalue weighted by Crippen LogP contribution is -2.04. The Morgan fingerprint density at radius 2 is 2.07 bits per heavy atom. The highest BCUT2D eigenvalue weighted by Gasteiger charge is 2.14. The van der Waals surface area contributed by atoms with E-state index < -0.39 is 9.84 Å². The van der Waals surface area contributed by atoms with E-state index in [0.29, 0.717) is 10.6 Å². The fourth-order valence-corrected chi connectivity index (χ4v) is 2.55. The van der Waals surface area contributed by atoms with Gasteiger partial charge >= 0.3 is 0 Å². The molecular weight excluding hydrogens is 224 g/mol. The summed E-state index contributed by atoms with van der Waals surface area (Å²) in [5.74, 6) is 0. The number of aliphatic hydroxyl groups is 1. The fraction of sp³-hybridized carbons (Fsp3) is 0.333. The van der Waals surface area contributed by atoms with Crippen molar-refractivity contribution >= 4 is 21.4 Å². The molecule has 5 heteroatoms. The van der Waals surface area contributed by atoms with Gasteiger partial charge in [0.2, 0.25) is 0 Å². The van der Waals surface area contributed by atoms with Crippen LogP contribution in [0.3, 0.4) is 0 Å². The summed E-state index contributed by atoms with van der Waals surface area (Å²) in [7, 11) is -3.27. The van der Waals surface area contributed by atoms with Crippen molar-refractivity contribution in [1.29, 1.82) is 0 Å². The highest BCUT2D eigenvalue weighted by Crippen LogP contribution is 2.24. The molecule has 1 rings (SSSR count). The van der Waals surface area contributed by atoms with Crippen LogP contribution in [0.15, 0.2) is 23.1 Å². The maximum Gasteiger partial charge on any atom is 0.175 e. The first-order valence-electron chi connectivity index (χ1n) is 4.05. The minimum atomic E-state index is -3.27. The van der Waals surface area contributed by atoms with Crippen molar-refractivity contribution < 1.29 is 13.5 Å². The van der Waals surface area contributed by atoms with Crippen molar-refractivity contribution in [3.8, 4) is 0 Å². The van der Waals surface area contributed by atoms with Crippen molar-refractivity contribution in [3.63, 3.8) is 0 Å². The molecule has 0 heterocycles. The standard InChI is InChI=1S/C9H11ClO3S/c1-14(12,13)9-4-2-3-8(10)7(9)5-6-11/h2-4,11H,5-6H2,1H3. The Morgan fingerprint density at radius 3 is 2.57 bits per heavy atom. The lowest BCUT2D eigenvalue weighted by atomic mass is 10.1. The van der Waals surface area contributed by atoms with Gasteiger partial charge in [0.25, 0.3) is 0 Å². The summed E-state index contributed by atoms with van der Waals surface area (Å²) in [4.78, 5) is 0.194. The Bertz CT molecular complexity index is 426. The Kier molecular flexibility index (Phi) is 3.53. The third-order valence-electron chi connectivity index (χ3n) is 1.84. The summed E-state index contributed by atoms with van der Waals surface area (Å²) >= 11 is 5.84. The molecule has 1 aromatic rings. The predicted octanol–water partition coefficient (Wildman–Crippen LogP) is 1.28. The monoisotopic (exact) mass is 234 g/mol. The van der Waals surface area contributed by atoms with E-state index >= 15 is 0 Å². The largest absolute Gasteiger partial charge is 0.396 e. The van der Waals surface area contributed by atoms with Gasteiger partial charge in [-0.2, -0.15) is 0 Å². The van der Waals surface area contributed by atoms with Gasteiger partial charge in [0.1, 0.15) is 0 Å². The van der Waals surface area contributed by atoms with Crippen LogP contribution in [0.5, 0.6) is 0 Å². The molecule has 14 heavy (non-hydrogen) atoms. The fourth-order valence-electron chi connectivity index (χ4n) is 1.24. The second kappa shape index (κ2) is 4.29. The van der Waals surface area contributed by atoms with Crippen LogP contribution in [0, 0.1) is 0 Å². The van der Waals surface area contributed by atoms with Crippen LogP contribution < -0.4 is 0 Å². The van der Waals surface area contributed by atoms with E-state index in [0.717, 1.165) is 6.26 Å². The summed E-state index contributed by atoms with van der Waals surface area (Å²) < 4.78 is 22.7. The molecule has 0 aliphatic rings. The molecule has 0 saturated carbocycles. The molecule has 1 aromatic carbocycles. The van der Waals surface area contributed by atoms with Gasteiger partial charge in [-0.1, -0.05) is 17.7 Å². The number of aliphatic hydroxyl groups excluding tert-OH is 1. The second-order valence-electron chi connectivity index (χ2n) is 2.96.